The number of hydrogen-bond acceptors (Lipinski definition) is 4. The van der Waals surface area contributed by atoms with E-state index in [1.807, 2.05) is 4.90 Å². The summed E-state index contributed by atoms with van der Waals surface area (Å²) in [5, 5.41) is 10.6. The maximum Gasteiger partial charge on any atom is 0.257 e. The average Bonchev–Trinajstić information content (AvgIpc) is 3.00. The fourth-order valence-electron chi connectivity index (χ4n) is 3.62. The van der Waals surface area contributed by atoms with Crippen LogP contribution in [-0.2, 0) is 0 Å². The molecule has 1 heterocycles. The van der Waals surface area contributed by atoms with E-state index in [2.05, 4.69) is 4.90 Å². The molecule has 126 valence electrons. The van der Waals surface area contributed by atoms with Crippen LogP contribution in [0.5, 0.6) is 5.75 Å². The van der Waals surface area contributed by atoms with Crippen LogP contribution in [-0.4, -0.2) is 66.2 Å². The predicted molar refractivity (Wildman–Crippen MR) is 89.1 cm³/mol. The third kappa shape index (κ3) is 3.47. The van der Waals surface area contributed by atoms with Crippen molar-refractivity contribution in [2.24, 2.45) is 0 Å². The summed E-state index contributed by atoms with van der Waals surface area (Å²) < 4.78 is 5.28. The molecule has 2 atom stereocenters. The van der Waals surface area contributed by atoms with Crippen molar-refractivity contribution in [3.8, 4) is 5.75 Å². The van der Waals surface area contributed by atoms with Crippen LogP contribution in [0.3, 0.4) is 0 Å². The number of amides is 1. The molecule has 5 nitrogen and oxygen atoms in total. The normalized spacial score (nSPS) is 25.6. The van der Waals surface area contributed by atoms with Gasteiger partial charge in [0.25, 0.3) is 5.91 Å². The molecule has 1 aliphatic carbocycles. The number of aliphatic hydroxyl groups excluding tert-OH is 1. The number of methoxy groups -OCH3 is 1. The molecule has 0 bridgehead atoms. The molecular weight excluding hydrogens is 316 g/mol. The fraction of sp³-hybridized carbons (Fsp3) is 0.588. The lowest BCUT2D eigenvalue weighted by Gasteiger charge is -2.39. The topological polar surface area (TPSA) is 53.0 Å². The lowest BCUT2D eigenvalue weighted by Crippen LogP contribution is -2.53. The minimum Gasteiger partial charge on any atom is -0.496 e. The molecule has 1 saturated heterocycles. The van der Waals surface area contributed by atoms with Crippen LogP contribution >= 0.6 is 11.6 Å². The number of ether oxygens (including phenoxy) is 1. The zero-order valence-electron chi connectivity index (χ0n) is 13.4. The van der Waals surface area contributed by atoms with Crippen molar-refractivity contribution in [3.63, 3.8) is 0 Å². The molecule has 0 radical (unpaired) electrons. The quantitative estimate of drug-likeness (QED) is 0.916. The Morgan fingerprint density at radius 3 is 2.61 bits per heavy atom. The second-order valence-corrected chi connectivity index (χ2v) is 6.67. The third-order valence-corrected chi connectivity index (χ3v) is 5.14. The van der Waals surface area contributed by atoms with Crippen LogP contribution in [0, 0.1) is 0 Å². The molecule has 2 fully saturated rings. The van der Waals surface area contributed by atoms with Gasteiger partial charge in [-0.3, -0.25) is 9.69 Å². The molecular formula is C17H23ClN2O3. The van der Waals surface area contributed by atoms with Crippen molar-refractivity contribution in [2.75, 3.05) is 33.3 Å². The highest BCUT2D eigenvalue weighted by molar-refractivity contribution is 6.31. The largest absolute Gasteiger partial charge is 0.496 e. The van der Waals surface area contributed by atoms with E-state index >= 15 is 0 Å². The molecule has 1 aromatic rings. The molecule has 3 rings (SSSR count). The number of benzene rings is 1. The number of aliphatic hydroxyl groups is 1. The number of nitrogens with zero attached hydrogens (tertiary/aromatic N) is 2. The van der Waals surface area contributed by atoms with Crippen LogP contribution in [0.1, 0.15) is 29.6 Å². The van der Waals surface area contributed by atoms with Crippen LogP contribution < -0.4 is 4.74 Å². The summed E-state index contributed by atoms with van der Waals surface area (Å²) in [4.78, 5) is 16.9. The highest BCUT2D eigenvalue weighted by atomic mass is 35.5. The van der Waals surface area contributed by atoms with Gasteiger partial charge >= 0.3 is 0 Å². The predicted octanol–water partition coefficient (Wildman–Crippen LogP) is 2.02. The molecule has 23 heavy (non-hydrogen) atoms. The number of carbonyl (C=O) groups is 1. The first kappa shape index (κ1) is 16.6. The summed E-state index contributed by atoms with van der Waals surface area (Å²) in [7, 11) is 1.55. The van der Waals surface area contributed by atoms with Crippen LogP contribution in [0.2, 0.25) is 5.02 Å². The van der Waals surface area contributed by atoms with E-state index in [1.54, 1.807) is 25.3 Å². The zero-order chi connectivity index (χ0) is 16.4. The monoisotopic (exact) mass is 338 g/mol. The Balaban J connectivity index is 1.65. The number of piperazine rings is 1. The zero-order valence-corrected chi connectivity index (χ0v) is 14.1. The highest BCUT2D eigenvalue weighted by Gasteiger charge is 2.33. The molecule has 2 aliphatic rings. The van der Waals surface area contributed by atoms with E-state index in [4.69, 9.17) is 16.3 Å². The maximum absolute atomic E-state index is 12.7. The summed E-state index contributed by atoms with van der Waals surface area (Å²) >= 11 is 6.02. The van der Waals surface area contributed by atoms with Crippen LogP contribution in [0.4, 0.5) is 0 Å². The van der Waals surface area contributed by atoms with Gasteiger partial charge in [-0.25, -0.2) is 0 Å². The van der Waals surface area contributed by atoms with E-state index in [-0.39, 0.29) is 18.1 Å². The Hall–Kier alpha value is -1.30. The fourth-order valence-corrected chi connectivity index (χ4v) is 3.79. The van der Waals surface area contributed by atoms with Gasteiger partial charge in [-0.15, -0.1) is 0 Å². The van der Waals surface area contributed by atoms with Gasteiger partial charge in [-0.1, -0.05) is 11.6 Å². The van der Waals surface area contributed by atoms with Crippen molar-refractivity contribution in [2.45, 2.75) is 31.4 Å². The first-order chi connectivity index (χ1) is 11.1. The number of halogens is 1. The van der Waals surface area contributed by atoms with E-state index in [1.165, 1.54) is 0 Å². The summed E-state index contributed by atoms with van der Waals surface area (Å²) in [6, 6.07) is 5.36. The molecule has 1 amide bonds. The van der Waals surface area contributed by atoms with Crippen LogP contribution in [0.25, 0.3) is 0 Å². The second-order valence-electron chi connectivity index (χ2n) is 6.24. The molecule has 0 unspecified atom stereocenters. The molecule has 1 N–H and O–H groups in total. The minimum atomic E-state index is -0.217. The molecule has 0 aromatic heterocycles. The van der Waals surface area contributed by atoms with Gasteiger partial charge in [-0.05, 0) is 37.5 Å². The van der Waals surface area contributed by atoms with Crippen molar-refractivity contribution >= 4 is 17.5 Å². The molecule has 6 heteroatoms. The number of carbonyl (C=O) groups excluding carboxylic acids is 1. The molecule has 1 saturated carbocycles. The van der Waals surface area contributed by atoms with Crippen molar-refractivity contribution in [1.82, 2.24) is 9.80 Å². The number of rotatable bonds is 3. The van der Waals surface area contributed by atoms with Gasteiger partial charge in [0.2, 0.25) is 0 Å². The van der Waals surface area contributed by atoms with Gasteiger partial charge in [0.05, 0.1) is 18.8 Å². The summed E-state index contributed by atoms with van der Waals surface area (Å²) in [6.07, 6.45) is 2.82. The smallest absolute Gasteiger partial charge is 0.257 e. The Morgan fingerprint density at radius 2 is 2.00 bits per heavy atom. The van der Waals surface area contributed by atoms with E-state index in [9.17, 15) is 9.90 Å². The highest BCUT2D eigenvalue weighted by Crippen LogP contribution is 2.27. The lowest BCUT2D eigenvalue weighted by molar-refractivity contribution is 0.0314. The van der Waals surface area contributed by atoms with Gasteiger partial charge in [-0.2, -0.15) is 0 Å². The standard InChI is InChI=1S/C17H23ClN2O3/c1-23-16-6-5-12(18)11-13(16)17(22)20-9-7-19(8-10-20)14-3-2-4-15(14)21/h5-6,11,14-15,21H,2-4,7-10H2,1H3/t14-,15+/m1/s1. The van der Waals surface area contributed by atoms with Crippen molar-refractivity contribution < 1.29 is 14.6 Å². The van der Waals surface area contributed by atoms with Gasteiger partial charge in [0.1, 0.15) is 5.75 Å². The lowest BCUT2D eigenvalue weighted by atomic mass is 10.1. The summed E-state index contributed by atoms with van der Waals surface area (Å²) in [6.45, 7) is 2.93. The first-order valence-electron chi connectivity index (χ1n) is 8.15. The second kappa shape index (κ2) is 7.07. The molecule has 1 aromatic carbocycles. The first-order valence-corrected chi connectivity index (χ1v) is 8.53. The molecule has 1 aliphatic heterocycles. The average molecular weight is 339 g/mol. The number of hydrogen-bond donors (Lipinski definition) is 1. The Morgan fingerprint density at radius 1 is 1.26 bits per heavy atom. The van der Waals surface area contributed by atoms with Gasteiger partial charge < -0.3 is 14.7 Å². The Kier molecular flexibility index (Phi) is 5.09. The molecule has 0 spiro atoms. The summed E-state index contributed by atoms with van der Waals surface area (Å²) in [5.74, 6) is 0.504. The maximum atomic E-state index is 12.7. The van der Waals surface area contributed by atoms with E-state index in [0.29, 0.717) is 29.4 Å². The van der Waals surface area contributed by atoms with E-state index < -0.39 is 0 Å². The Bertz CT molecular complexity index is 573. The summed E-state index contributed by atoms with van der Waals surface area (Å²) in [5.41, 5.74) is 0.509. The van der Waals surface area contributed by atoms with Gasteiger partial charge in [0, 0.05) is 37.2 Å². The van der Waals surface area contributed by atoms with Gasteiger partial charge in [0.15, 0.2) is 0 Å². The Labute approximate surface area is 141 Å². The van der Waals surface area contributed by atoms with Crippen LogP contribution in [0.15, 0.2) is 18.2 Å². The van der Waals surface area contributed by atoms with Crippen molar-refractivity contribution in [1.29, 1.82) is 0 Å². The minimum absolute atomic E-state index is 0.0454. The van der Waals surface area contributed by atoms with E-state index in [0.717, 1.165) is 32.4 Å². The SMILES string of the molecule is COc1ccc(Cl)cc1C(=O)N1CCN([C@@H]2CCC[C@@H]2O)CC1. The van der Waals surface area contributed by atoms with Crippen molar-refractivity contribution in [3.05, 3.63) is 28.8 Å². The third-order valence-electron chi connectivity index (χ3n) is 4.91.